The van der Waals surface area contributed by atoms with Crippen molar-refractivity contribution in [3.63, 3.8) is 0 Å². The van der Waals surface area contributed by atoms with Crippen LogP contribution < -0.4 is 9.64 Å². The normalized spacial score (nSPS) is 14.2. The highest BCUT2D eigenvalue weighted by molar-refractivity contribution is 6.30. The summed E-state index contributed by atoms with van der Waals surface area (Å²) in [5.74, 6) is 1.17. The van der Waals surface area contributed by atoms with E-state index in [1.807, 2.05) is 18.2 Å². The van der Waals surface area contributed by atoms with Gasteiger partial charge in [-0.3, -0.25) is 0 Å². The van der Waals surface area contributed by atoms with E-state index in [2.05, 4.69) is 21.1 Å². The van der Waals surface area contributed by atoms with Crippen LogP contribution in [0.25, 0.3) is 16.9 Å². The number of carboxylic acids is 1. The summed E-state index contributed by atoms with van der Waals surface area (Å²) in [4.78, 5) is 22.8. The zero-order valence-electron chi connectivity index (χ0n) is 17.9. The van der Waals surface area contributed by atoms with Crippen molar-refractivity contribution in [2.45, 2.75) is 12.8 Å². The van der Waals surface area contributed by atoms with Gasteiger partial charge < -0.3 is 14.7 Å². The number of carbonyl (C=O) groups is 1. The van der Waals surface area contributed by atoms with Crippen LogP contribution in [-0.4, -0.2) is 43.9 Å². The van der Waals surface area contributed by atoms with Crippen molar-refractivity contribution < 1.29 is 14.6 Å². The maximum atomic E-state index is 11.3. The molecule has 5 rings (SSSR count). The highest BCUT2D eigenvalue weighted by Crippen LogP contribution is 2.33. The summed E-state index contributed by atoms with van der Waals surface area (Å²) in [6, 6.07) is 15.0. The predicted molar refractivity (Wildman–Crippen MR) is 126 cm³/mol. The average molecular weight is 475 g/mol. The number of hydrogen-bond acceptors (Lipinski definition) is 7. The third-order valence-corrected chi connectivity index (χ3v) is 5.95. The molecule has 1 saturated heterocycles. The van der Waals surface area contributed by atoms with E-state index in [-0.39, 0.29) is 17.4 Å². The third kappa shape index (κ3) is 4.36. The standard InChI is InChI=1S/C24H19ClN6O3/c25-17-1-3-18(4-2-17)34-19-5-6-21-20(11-19)22(30-9-7-15(12-26)8-10-30)29-24(28-21)31-14-16(13-27-31)23(32)33/h1-6,11,13-15H,7-10H2,(H,32,33). The number of carboxylic acid groups (broad SMARTS) is 1. The second-order valence-electron chi connectivity index (χ2n) is 7.95. The number of halogens is 1. The Morgan fingerprint density at radius 1 is 1.12 bits per heavy atom. The van der Waals surface area contributed by atoms with E-state index in [1.54, 1.807) is 24.3 Å². The van der Waals surface area contributed by atoms with Gasteiger partial charge in [0, 0.05) is 35.6 Å². The molecule has 0 atom stereocenters. The summed E-state index contributed by atoms with van der Waals surface area (Å²) in [7, 11) is 0. The zero-order valence-corrected chi connectivity index (χ0v) is 18.7. The van der Waals surface area contributed by atoms with Gasteiger partial charge in [0.05, 0.1) is 23.3 Å². The molecule has 4 aromatic rings. The fraction of sp³-hybridized carbons (Fsp3) is 0.208. The Kier molecular flexibility index (Phi) is 5.74. The zero-order chi connectivity index (χ0) is 23.7. The van der Waals surface area contributed by atoms with Crippen LogP contribution in [0.1, 0.15) is 23.2 Å². The number of aromatic carboxylic acids is 1. The molecule has 0 amide bonds. The minimum atomic E-state index is -1.07. The second kappa shape index (κ2) is 9.00. The van der Waals surface area contributed by atoms with E-state index >= 15 is 0 Å². The van der Waals surface area contributed by atoms with Crippen LogP contribution in [0.15, 0.2) is 54.9 Å². The van der Waals surface area contributed by atoms with Gasteiger partial charge >= 0.3 is 5.97 Å². The van der Waals surface area contributed by atoms with Crippen LogP contribution in [0.5, 0.6) is 11.5 Å². The van der Waals surface area contributed by atoms with E-state index in [4.69, 9.17) is 21.3 Å². The molecule has 170 valence electrons. The molecular formula is C24H19ClN6O3. The lowest BCUT2D eigenvalue weighted by Crippen LogP contribution is -2.34. The van der Waals surface area contributed by atoms with Crippen LogP contribution >= 0.6 is 11.6 Å². The van der Waals surface area contributed by atoms with Crippen LogP contribution in [0.2, 0.25) is 5.02 Å². The summed E-state index contributed by atoms with van der Waals surface area (Å²) >= 11 is 5.97. The molecular weight excluding hydrogens is 456 g/mol. The first-order chi connectivity index (χ1) is 16.5. The Labute approximate surface area is 199 Å². The lowest BCUT2D eigenvalue weighted by atomic mass is 9.98. The molecule has 9 nitrogen and oxygen atoms in total. The van der Waals surface area contributed by atoms with Gasteiger partial charge in [0.2, 0.25) is 0 Å². The largest absolute Gasteiger partial charge is 0.478 e. The van der Waals surface area contributed by atoms with Crippen molar-refractivity contribution in [2.24, 2.45) is 5.92 Å². The van der Waals surface area contributed by atoms with Crippen LogP contribution in [-0.2, 0) is 0 Å². The molecule has 1 aliphatic rings. The highest BCUT2D eigenvalue weighted by atomic mass is 35.5. The Morgan fingerprint density at radius 3 is 2.53 bits per heavy atom. The van der Waals surface area contributed by atoms with Crippen molar-refractivity contribution in [3.8, 4) is 23.5 Å². The number of fused-ring (bicyclic) bond motifs is 1. The van der Waals surface area contributed by atoms with Crippen molar-refractivity contribution >= 4 is 34.3 Å². The molecule has 0 bridgehead atoms. The minimum Gasteiger partial charge on any atom is -0.478 e. The lowest BCUT2D eigenvalue weighted by molar-refractivity contribution is 0.0697. The summed E-state index contributed by atoms with van der Waals surface area (Å²) < 4.78 is 7.36. The maximum Gasteiger partial charge on any atom is 0.338 e. The van der Waals surface area contributed by atoms with Crippen molar-refractivity contribution in [3.05, 3.63) is 65.4 Å². The fourth-order valence-electron chi connectivity index (χ4n) is 3.89. The fourth-order valence-corrected chi connectivity index (χ4v) is 4.01. The lowest BCUT2D eigenvalue weighted by Gasteiger charge is -2.31. The second-order valence-corrected chi connectivity index (χ2v) is 8.39. The van der Waals surface area contributed by atoms with Crippen molar-refractivity contribution in [2.75, 3.05) is 18.0 Å². The molecule has 1 fully saturated rings. The Morgan fingerprint density at radius 2 is 1.85 bits per heavy atom. The van der Waals surface area contributed by atoms with Crippen molar-refractivity contribution in [1.29, 1.82) is 5.26 Å². The molecule has 1 N–H and O–H groups in total. The molecule has 3 heterocycles. The summed E-state index contributed by atoms with van der Waals surface area (Å²) in [5, 5.41) is 24.0. The first-order valence-electron chi connectivity index (χ1n) is 10.7. The van der Waals surface area contributed by atoms with E-state index in [1.165, 1.54) is 17.1 Å². The number of anilines is 1. The summed E-state index contributed by atoms with van der Waals surface area (Å²) in [6.45, 7) is 1.34. The minimum absolute atomic E-state index is 0.0249. The van der Waals surface area contributed by atoms with Gasteiger partial charge in [-0.25, -0.2) is 14.5 Å². The number of piperidine rings is 1. The molecule has 34 heavy (non-hydrogen) atoms. The van der Waals surface area contributed by atoms with E-state index in [9.17, 15) is 15.2 Å². The quantitative estimate of drug-likeness (QED) is 0.442. The first kappa shape index (κ1) is 21.7. The maximum absolute atomic E-state index is 11.3. The number of hydrogen-bond donors (Lipinski definition) is 1. The number of ether oxygens (including phenoxy) is 1. The van der Waals surface area contributed by atoms with Gasteiger partial charge in [0.1, 0.15) is 17.3 Å². The van der Waals surface area contributed by atoms with E-state index in [0.29, 0.717) is 40.9 Å². The van der Waals surface area contributed by atoms with Gasteiger partial charge in [-0.05, 0) is 55.3 Å². The number of benzene rings is 2. The van der Waals surface area contributed by atoms with Crippen LogP contribution in [0.3, 0.4) is 0 Å². The van der Waals surface area contributed by atoms with E-state index in [0.717, 1.165) is 18.2 Å². The Bertz CT molecular complexity index is 1400. The molecule has 0 spiro atoms. The topological polar surface area (TPSA) is 117 Å². The number of aromatic nitrogens is 4. The molecule has 10 heteroatoms. The molecule has 0 unspecified atom stereocenters. The van der Waals surface area contributed by atoms with Crippen molar-refractivity contribution in [1.82, 2.24) is 19.7 Å². The van der Waals surface area contributed by atoms with Gasteiger partial charge in [0.25, 0.3) is 5.95 Å². The average Bonchev–Trinajstić information content (AvgIpc) is 3.36. The van der Waals surface area contributed by atoms with Gasteiger partial charge in [-0.15, -0.1) is 0 Å². The third-order valence-electron chi connectivity index (χ3n) is 5.70. The Hall–Kier alpha value is -4.16. The number of nitrogens with zero attached hydrogens (tertiary/aromatic N) is 6. The molecule has 1 aliphatic heterocycles. The molecule has 0 aliphatic carbocycles. The number of nitriles is 1. The molecule has 2 aromatic carbocycles. The highest BCUT2D eigenvalue weighted by Gasteiger charge is 2.23. The summed E-state index contributed by atoms with van der Waals surface area (Å²) in [5.41, 5.74) is 0.713. The number of rotatable bonds is 5. The van der Waals surface area contributed by atoms with Crippen LogP contribution in [0, 0.1) is 17.2 Å². The summed E-state index contributed by atoms with van der Waals surface area (Å²) in [6.07, 6.45) is 4.12. The predicted octanol–water partition coefficient (Wildman–Crippen LogP) is 4.70. The van der Waals surface area contributed by atoms with Gasteiger partial charge in [-0.2, -0.15) is 15.3 Å². The molecule has 2 aromatic heterocycles. The smallest absolute Gasteiger partial charge is 0.338 e. The van der Waals surface area contributed by atoms with Gasteiger partial charge in [-0.1, -0.05) is 11.6 Å². The Balaban J connectivity index is 1.57. The van der Waals surface area contributed by atoms with Gasteiger partial charge in [0.15, 0.2) is 0 Å². The monoisotopic (exact) mass is 474 g/mol. The van der Waals surface area contributed by atoms with E-state index < -0.39 is 5.97 Å². The first-order valence-corrected chi connectivity index (χ1v) is 11.1. The van der Waals surface area contributed by atoms with Crippen LogP contribution in [0.4, 0.5) is 5.82 Å². The SMILES string of the molecule is N#CC1CCN(c2nc(-n3cc(C(=O)O)cn3)nc3ccc(Oc4ccc(Cl)cc4)cc23)CC1. The molecule has 0 saturated carbocycles. The molecule has 0 radical (unpaired) electrons.